The van der Waals surface area contributed by atoms with Crippen molar-refractivity contribution in [1.29, 1.82) is 0 Å². The van der Waals surface area contributed by atoms with Gasteiger partial charge in [-0.2, -0.15) is 0 Å². The fraction of sp³-hybridized carbons (Fsp3) is 0.417. The molecular formula is C12H13N3O3S. The second-order valence-corrected chi connectivity index (χ2v) is 5.34. The summed E-state index contributed by atoms with van der Waals surface area (Å²) in [6.07, 6.45) is 1.93. The lowest BCUT2D eigenvalue weighted by atomic mass is 10.1. The Labute approximate surface area is 113 Å². The highest BCUT2D eigenvalue weighted by molar-refractivity contribution is 7.16. The number of piperidine rings is 1. The molecule has 1 N–H and O–H groups in total. The molecule has 1 aliphatic rings. The van der Waals surface area contributed by atoms with Crippen molar-refractivity contribution >= 4 is 27.2 Å². The number of hydrogen-bond donors (Lipinski definition) is 1. The Balaban J connectivity index is 1.97. The lowest BCUT2D eigenvalue weighted by molar-refractivity contribution is -0.384. The van der Waals surface area contributed by atoms with E-state index in [9.17, 15) is 10.1 Å². The third-order valence-corrected chi connectivity index (χ3v) is 3.96. The Morgan fingerprint density at radius 2 is 2.42 bits per heavy atom. The van der Waals surface area contributed by atoms with E-state index in [0.29, 0.717) is 11.3 Å². The Kier molecular flexibility index (Phi) is 3.31. The van der Waals surface area contributed by atoms with E-state index in [1.807, 2.05) is 6.07 Å². The normalized spacial score (nSPS) is 19.5. The lowest BCUT2D eigenvalue weighted by Gasteiger charge is -2.23. The predicted octanol–water partition coefficient (Wildman–Crippen LogP) is 2.34. The van der Waals surface area contributed by atoms with E-state index < -0.39 is 4.92 Å². The average Bonchev–Trinajstić information content (AvgIpc) is 2.87. The summed E-state index contributed by atoms with van der Waals surface area (Å²) in [5, 5.41) is 14.5. The number of nitro groups is 1. The van der Waals surface area contributed by atoms with Crippen LogP contribution < -0.4 is 10.1 Å². The molecule has 0 unspecified atom stereocenters. The van der Waals surface area contributed by atoms with Crippen LogP contribution in [0.25, 0.3) is 10.2 Å². The molecule has 0 amide bonds. The van der Waals surface area contributed by atoms with Gasteiger partial charge in [-0.25, -0.2) is 4.98 Å². The maximum atomic E-state index is 11.2. The van der Waals surface area contributed by atoms with Crippen molar-refractivity contribution in [2.45, 2.75) is 18.9 Å². The molecule has 1 atom stereocenters. The smallest absolute Gasteiger partial charge is 0.337 e. The summed E-state index contributed by atoms with van der Waals surface area (Å²) >= 11 is 1.39. The summed E-state index contributed by atoms with van der Waals surface area (Å²) in [6.45, 7) is 1.71. The number of nitro benzene ring substituents is 1. The van der Waals surface area contributed by atoms with Crippen LogP contribution in [0.1, 0.15) is 12.8 Å². The molecule has 0 aliphatic carbocycles. The van der Waals surface area contributed by atoms with Crippen LogP contribution in [0.15, 0.2) is 17.6 Å². The number of nitrogens with zero attached hydrogens (tertiary/aromatic N) is 2. The van der Waals surface area contributed by atoms with Crippen LogP contribution >= 0.6 is 11.3 Å². The minimum absolute atomic E-state index is 0.0106. The van der Waals surface area contributed by atoms with E-state index in [4.69, 9.17) is 4.74 Å². The van der Waals surface area contributed by atoms with Gasteiger partial charge in [0.1, 0.15) is 6.10 Å². The Bertz CT molecular complexity index is 607. The van der Waals surface area contributed by atoms with Crippen molar-refractivity contribution < 1.29 is 9.66 Å². The third kappa shape index (κ3) is 2.39. The summed E-state index contributed by atoms with van der Waals surface area (Å²) in [6, 6.07) is 3.50. The van der Waals surface area contributed by atoms with Gasteiger partial charge in [-0.1, -0.05) is 0 Å². The minimum atomic E-state index is -0.409. The first-order valence-electron chi connectivity index (χ1n) is 6.13. The molecule has 0 saturated carbocycles. The Hall–Kier alpha value is -1.73. The number of rotatable bonds is 3. The topological polar surface area (TPSA) is 77.3 Å². The van der Waals surface area contributed by atoms with E-state index in [2.05, 4.69) is 10.3 Å². The number of benzene rings is 1. The molecule has 100 valence electrons. The predicted molar refractivity (Wildman–Crippen MR) is 72.8 cm³/mol. The quantitative estimate of drug-likeness (QED) is 0.689. The molecule has 1 fully saturated rings. The van der Waals surface area contributed by atoms with Crippen molar-refractivity contribution in [2.75, 3.05) is 13.1 Å². The van der Waals surface area contributed by atoms with Crippen molar-refractivity contribution in [3.8, 4) is 5.75 Å². The summed E-state index contributed by atoms with van der Waals surface area (Å²) in [5.41, 5.74) is 2.00. The van der Waals surface area contributed by atoms with E-state index >= 15 is 0 Å². The molecule has 7 heteroatoms. The van der Waals surface area contributed by atoms with Crippen LogP contribution in [0, 0.1) is 10.1 Å². The highest BCUT2D eigenvalue weighted by Crippen LogP contribution is 2.36. The number of hydrogen-bond acceptors (Lipinski definition) is 6. The maximum absolute atomic E-state index is 11.2. The molecule has 1 aliphatic heterocycles. The first kappa shape index (κ1) is 12.3. The van der Waals surface area contributed by atoms with Gasteiger partial charge in [0.05, 0.1) is 15.1 Å². The molecule has 0 bridgehead atoms. The van der Waals surface area contributed by atoms with Gasteiger partial charge in [0, 0.05) is 6.54 Å². The van der Waals surface area contributed by atoms with Crippen molar-refractivity contribution in [3.63, 3.8) is 0 Å². The van der Waals surface area contributed by atoms with Gasteiger partial charge >= 0.3 is 5.69 Å². The number of ether oxygens (including phenoxy) is 1. The Morgan fingerprint density at radius 3 is 3.16 bits per heavy atom. The number of aromatic nitrogens is 1. The van der Waals surface area contributed by atoms with Crippen LogP contribution in [0.3, 0.4) is 0 Å². The van der Waals surface area contributed by atoms with Gasteiger partial charge in [0.25, 0.3) is 0 Å². The van der Waals surface area contributed by atoms with Crippen molar-refractivity contribution in [2.24, 2.45) is 0 Å². The van der Waals surface area contributed by atoms with E-state index in [1.54, 1.807) is 11.6 Å². The molecule has 6 nitrogen and oxygen atoms in total. The number of nitrogens with one attached hydrogen (secondary N) is 1. The van der Waals surface area contributed by atoms with Gasteiger partial charge in [-0.3, -0.25) is 10.1 Å². The highest BCUT2D eigenvalue weighted by atomic mass is 32.1. The molecular weight excluding hydrogens is 266 g/mol. The van der Waals surface area contributed by atoms with E-state index in [-0.39, 0.29) is 11.8 Å². The zero-order valence-corrected chi connectivity index (χ0v) is 11.0. The first-order chi connectivity index (χ1) is 9.25. The second-order valence-electron chi connectivity index (χ2n) is 4.45. The second kappa shape index (κ2) is 5.10. The fourth-order valence-electron chi connectivity index (χ4n) is 2.27. The molecule has 1 saturated heterocycles. The zero-order valence-electron chi connectivity index (χ0n) is 10.2. The van der Waals surface area contributed by atoms with Crippen LogP contribution in [0.4, 0.5) is 5.69 Å². The van der Waals surface area contributed by atoms with E-state index in [1.165, 1.54) is 11.3 Å². The highest BCUT2D eigenvalue weighted by Gasteiger charge is 2.25. The lowest BCUT2D eigenvalue weighted by Crippen LogP contribution is -2.37. The molecule has 2 heterocycles. The zero-order chi connectivity index (χ0) is 13.2. The SMILES string of the molecule is O=[N+]([O-])c1c(O[C@H]2CCCNC2)ccc2scnc12. The standard InChI is InChI=1S/C12H13N3O3S/c16-15(17)12-9(18-8-2-1-5-13-6-8)3-4-10-11(12)14-7-19-10/h3-4,7-8,13H,1-2,5-6H2/t8-/m0/s1. The van der Waals surface area contributed by atoms with Crippen LogP contribution in [0.2, 0.25) is 0 Å². The summed E-state index contributed by atoms with van der Waals surface area (Å²) < 4.78 is 6.59. The largest absolute Gasteiger partial charge is 0.482 e. The summed E-state index contributed by atoms with van der Waals surface area (Å²) in [5.74, 6) is 0.317. The van der Waals surface area contributed by atoms with Crippen LogP contribution in [-0.2, 0) is 0 Å². The molecule has 1 aromatic carbocycles. The van der Waals surface area contributed by atoms with Crippen LogP contribution in [-0.4, -0.2) is 29.1 Å². The molecule has 1 aromatic heterocycles. The molecule has 3 rings (SSSR count). The van der Waals surface area contributed by atoms with Gasteiger partial charge in [0.15, 0.2) is 11.3 Å². The molecule has 0 spiro atoms. The van der Waals surface area contributed by atoms with Gasteiger partial charge in [-0.05, 0) is 31.5 Å². The van der Waals surface area contributed by atoms with Gasteiger partial charge < -0.3 is 10.1 Å². The number of fused-ring (bicyclic) bond motifs is 1. The minimum Gasteiger partial charge on any atom is -0.482 e. The molecule has 2 aromatic rings. The Morgan fingerprint density at radius 1 is 1.53 bits per heavy atom. The molecule has 19 heavy (non-hydrogen) atoms. The summed E-state index contributed by atoms with van der Waals surface area (Å²) in [7, 11) is 0. The first-order valence-corrected chi connectivity index (χ1v) is 7.01. The maximum Gasteiger partial charge on any atom is 0.337 e. The van der Waals surface area contributed by atoms with Gasteiger partial charge in [0.2, 0.25) is 0 Å². The molecule has 0 radical (unpaired) electrons. The summed E-state index contributed by atoms with van der Waals surface area (Å²) in [4.78, 5) is 14.9. The van der Waals surface area contributed by atoms with Crippen molar-refractivity contribution in [3.05, 3.63) is 27.8 Å². The monoisotopic (exact) mass is 279 g/mol. The van der Waals surface area contributed by atoms with Crippen molar-refractivity contribution in [1.82, 2.24) is 10.3 Å². The van der Waals surface area contributed by atoms with E-state index in [0.717, 1.165) is 30.6 Å². The fourth-order valence-corrected chi connectivity index (χ4v) is 2.95. The number of thiazole rings is 1. The average molecular weight is 279 g/mol. The van der Waals surface area contributed by atoms with Crippen LogP contribution in [0.5, 0.6) is 5.75 Å². The third-order valence-electron chi connectivity index (χ3n) is 3.17. The van der Waals surface area contributed by atoms with Gasteiger partial charge in [-0.15, -0.1) is 11.3 Å².